The number of terminal acetylenes is 1. The summed E-state index contributed by atoms with van der Waals surface area (Å²) in [4.78, 5) is 6.95. The fourth-order valence-corrected chi connectivity index (χ4v) is 2.74. The highest BCUT2D eigenvalue weighted by Crippen LogP contribution is 2.19. The van der Waals surface area contributed by atoms with E-state index in [1.165, 1.54) is 5.56 Å². The molecule has 1 aliphatic heterocycles. The molecule has 2 atom stereocenters. The minimum Gasteiger partial charge on any atom is -0.373 e. The van der Waals surface area contributed by atoms with Gasteiger partial charge in [-0.05, 0) is 37.5 Å². The van der Waals surface area contributed by atoms with Gasteiger partial charge in [0.25, 0.3) is 0 Å². The van der Waals surface area contributed by atoms with E-state index in [9.17, 15) is 0 Å². The predicted octanol–water partition coefficient (Wildman–Crippen LogP) is 2.80. The second kappa shape index (κ2) is 6.39. The molecule has 3 nitrogen and oxygen atoms in total. The number of hydrogen-bond donors (Lipinski definition) is 0. The molecule has 20 heavy (non-hydrogen) atoms. The van der Waals surface area contributed by atoms with Crippen LogP contribution in [0.3, 0.4) is 0 Å². The lowest BCUT2D eigenvalue weighted by atomic mass is 10.0. The molecule has 2 heterocycles. The molecule has 108 valence electrons. The molecule has 0 bridgehead atoms. The van der Waals surface area contributed by atoms with Crippen LogP contribution >= 0.6 is 0 Å². The van der Waals surface area contributed by atoms with Crippen LogP contribution in [-0.2, 0) is 11.3 Å². The fraction of sp³-hybridized carbons (Fsp3) is 0.588. The van der Waals surface area contributed by atoms with Crippen LogP contribution in [0.5, 0.6) is 0 Å². The van der Waals surface area contributed by atoms with Crippen molar-refractivity contribution in [2.75, 3.05) is 13.1 Å². The molecule has 3 heteroatoms. The van der Waals surface area contributed by atoms with Gasteiger partial charge in [-0.15, -0.1) is 6.42 Å². The van der Waals surface area contributed by atoms with Crippen LogP contribution < -0.4 is 0 Å². The Bertz CT molecular complexity index is 494. The number of pyridine rings is 1. The Morgan fingerprint density at radius 1 is 1.35 bits per heavy atom. The van der Waals surface area contributed by atoms with Gasteiger partial charge in [0.2, 0.25) is 0 Å². The van der Waals surface area contributed by atoms with Gasteiger partial charge in [0.1, 0.15) is 5.69 Å². The normalized spacial score (nSPS) is 23.8. The summed E-state index contributed by atoms with van der Waals surface area (Å²) in [5.74, 6) is 3.13. The van der Waals surface area contributed by atoms with Crippen molar-refractivity contribution in [2.24, 2.45) is 0 Å². The predicted molar refractivity (Wildman–Crippen MR) is 81.5 cm³/mol. The average Bonchev–Trinajstić information content (AvgIpc) is 2.36. The van der Waals surface area contributed by atoms with E-state index in [0.29, 0.717) is 5.92 Å². The topological polar surface area (TPSA) is 25.4 Å². The van der Waals surface area contributed by atoms with Crippen molar-refractivity contribution in [1.82, 2.24) is 9.88 Å². The number of nitrogens with zero attached hydrogens (tertiary/aromatic N) is 2. The molecular weight excluding hydrogens is 248 g/mol. The quantitative estimate of drug-likeness (QED) is 0.791. The van der Waals surface area contributed by atoms with Crippen LogP contribution in [-0.4, -0.2) is 35.2 Å². The minimum absolute atomic E-state index is 0.277. The van der Waals surface area contributed by atoms with Crippen LogP contribution in [0.1, 0.15) is 50.6 Å². The molecule has 1 aromatic heterocycles. The van der Waals surface area contributed by atoms with Gasteiger partial charge in [-0.1, -0.05) is 19.8 Å². The zero-order valence-corrected chi connectivity index (χ0v) is 12.9. The highest BCUT2D eigenvalue weighted by Gasteiger charge is 2.22. The Morgan fingerprint density at radius 2 is 2.00 bits per heavy atom. The molecule has 0 N–H and O–H groups in total. The Hall–Kier alpha value is -1.37. The van der Waals surface area contributed by atoms with Gasteiger partial charge in [-0.2, -0.15) is 0 Å². The first-order valence-corrected chi connectivity index (χ1v) is 7.33. The average molecular weight is 272 g/mol. The van der Waals surface area contributed by atoms with E-state index in [4.69, 9.17) is 11.2 Å². The second-order valence-corrected chi connectivity index (χ2v) is 6.03. The highest BCUT2D eigenvalue weighted by atomic mass is 16.5. The molecule has 1 fully saturated rings. The van der Waals surface area contributed by atoms with Gasteiger partial charge < -0.3 is 4.74 Å². The molecule has 2 rings (SSSR count). The molecule has 0 spiro atoms. The first-order chi connectivity index (χ1) is 9.47. The van der Waals surface area contributed by atoms with Gasteiger partial charge >= 0.3 is 0 Å². The Balaban J connectivity index is 2.16. The van der Waals surface area contributed by atoms with Gasteiger partial charge in [0.15, 0.2) is 0 Å². The Kier molecular flexibility index (Phi) is 4.80. The molecule has 0 aliphatic carbocycles. The van der Waals surface area contributed by atoms with Crippen molar-refractivity contribution in [3.8, 4) is 12.3 Å². The maximum absolute atomic E-state index is 5.77. The van der Waals surface area contributed by atoms with Crippen LogP contribution in [0.25, 0.3) is 0 Å². The smallest absolute Gasteiger partial charge is 0.113 e. The third-order valence-electron chi connectivity index (χ3n) is 3.60. The SMILES string of the molecule is C#Cc1cc(C(C)C)cc(CN2C[C@@H](C)O[C@H](C)C2)n1. The zero-order valence-electron chi connectivity index (χ0n) is 12.9. The summed E-state index contributed by atoms with van der Waals surface area (Å²) in [7, 11) is 0. The number of ether oxygens (including phenoxy) is 1. The van der Waals surface area contributed by atoms with Crippen LogP contribution in [0, 0.1) is 12.3 Å². The molecule has 1 aromatic rings. The second-order valence-electron chi connectivity index (χ2n) is 6.03. The molecule has 0 saturated carbocycles. The number of rotatable bonds is 3. The zero-order chi connectivity index (χ0) is 14.7. The third-order valence-corrected chi connectivity index (χ3v) is 3.60. The minimum atomic E-state index is 0.277. The summed E-state index contributed by atoms with van der Waals surface area (Å²) in [6, 6.07) is 4.19. The van der Waals surface area contributed by atoms with Crippen molar-refractivity contribution < 1.29 is 4.74 Å². The standard InChI is InChI=1S/C17H24N2O/c1-6-16-7-15(12(2)3)8-17(18-16)11-19-9-13(4)20-14(5)10-19/h1,7-8,12-14H,9-11H2,2-5H3/t13-,14-/m1/s1. The van der Waals surface area contributed by atoms with E-state index >= 15 is 0 Å². The Labute approximate surface area is 122 Å². The summed E-state index contributed by atoms with van der Waals surface area (Å²) in [6.07, 6.45) is 6.07. The number of aromatic nitrogens is 1. The van der Waals surface area contributed by atoms with E-state index in [-0.39, 0.29) is 12.2 Å². The van der Waals surface area contributed by atoms with Crippen molar-refractivity contribution in [3.63, 3.8) is 0 Å². The van der Waals surface area contributed by atoms with Gasteiger partial charge in [-0.3, -0.25) is 4.90 Å². The Morgan fingerprint density at radius 3 is 2.55 bits per heavy atom. The van der Waals surface area contributed by atoms with Crippen molar-refractivity contribution in [2.45, 2.75) is 52.4 Å². The highest BCUT2D eigenvalue weighted by molar-refractivity contribution is 5.32. The molecule has 0 unspecified atom stereocenters. The molecule has 0 radical (unpaired) electrons. The summed E-state index contributed by atoms with van der Waals surface area (Å²) < 4.78 is 5.77. The van der Waals surface area contributed by atoms with E-state index < -0.39 is 0 Å². The monoisotopic (exact) mass is 272 g/mol. The summed E-state index contributed by atoms with van der Waals surface area (Å²) >= 11 is 0. The van der Waals surface area contributed by atoms with Crippen molar-refractivity contribution >= 4 is 0 Å². The first-order valence-electron chi connectivity index (χ1n) is 7.33. The summed E-state index contributed by atoms with van der Waals surface area (Å²) in [6.45, 7) is 11.3. The summed E-state index contributed by atoms with van der Waals surface area (Å²) in [5, 5.41) is 0. The van der Waals surface area contributed by atoms with E-state index in [1.807, 2.05) is 6.07 Å². The molecule has 0 aromatic carbocycles. The van der Waals surface area contributed by atoms with E-state index in [2.05, 4.69) is 49.6 Å². The molecule has 1 aliphatic rings. The van der Waals surface area contributed by atoms with Crippen LogP contribution in [0.4, 0.5) is 0 Å². The van der Waals surface area contributed by atoms with Crippen molar-refractivity contribution in [3.05, 3.63) is 29.1 Å². The maximum atomic E-state index is 5.77. The number of morpholine rings is 1. The van der Waals surface area contributed by atoms with Crippen molar-refractivity contribution in [1.29, 1.82) is 0 Å². The lowest BCUT2D eigenvalue weighted by Crippen LogP contribution is -2.44. The van der Waals surface area contributed by atoms with E-state index in [1.54, 1.807) is 0 Å². The third kappa shape index (κ3) is 3.82. The largest absolute Gasteiger partial charge is 0.373 e. The van der Waals surface area contributed by atoms with Crippen LogP contribution in [0.15, 0.2) is 12.1 Å². The fourth-order valence-electron chi connectivity index (χ4n) is 2.74. The van der Waals surface area contributed by atoms with Gasteiger partial charge in [-0.25, -0.2) is 4.98 Å². The van der Waals surface area contributed by atoms with Crippen LogP contribution in [0.2, 0.25) is 0 Å². The number of hydrogen-bond acceptors (Lipinski definition) is 3. The van der Waals surface area contributed by atoms with Gasteiger partial charge in [0.05, 0.1) is 17.9 Å². The molecular formula is C17H24N2O. The van der Waals surface area contributed by atoms with E-state index in [0.717, 1.165) is 31.0 Å². The summed E-state index contributed by atoms with van der Waals surface area (Å²) in [5.41, 5.74) is 3.06. The lowest BCUT2D eigenvalue weighted by molar-refractivity contribution is -0.0707. The molecule has 1 saturated heterocycles. The first kappa shape index (κ1) is 15.0. The van der Waals surface area contributed by atoms with Gasteiger partial charge in [0, 0.05) is 19.6 Å². The maximum Gasteiger partial charge on any atom is 0.113 e. The lowest BCUT2D eigenvalue weighted by Gasteiger charge is -2.35. The molecule has 0 amide bonds.